The molecular weight excluding hydrogens is 432 g/mol. The monoisotopic (exact) mass is 447 g/mol. The lowest BCUT2D eigenvalue weighted by Crippen LogP contribution is -2.43. The fraction of sp³-hybridized carbons (Fsp3) is 0.316. The Morgan fingerprint density at radius 3 is 2.39 bits per heavy atom. The molecule has 3 rings (SSSR count). The van der Waals surface area contributed by atoms with Crippen molar-refractivity contribution < 1.29 is 40.7 Å². The van der Waals surface area contributed by atoms with E-state index >= 15 is 0 Å². The number of pyridine rings is 1. The summed E-state index contributed by atoms with van der Waals surface area (Å²) in [6, 6.07) is 4.46. The topological polar surface area (TPSA) is 86.8 Å². The molecule has 0 amide bonds. The smallest absolute Gasteiger partial charge is 0.435 e. The van der Waals surface area contributed by atoms with Crippen LogP contribution in [0.5, 0.6) is 0 Å². The normalized spacial score (nSPS) is 19.0. The van der Waals surface area contributed by atoms with E-state index in [0.29, 0.717) is 6.07 Å². The van der Waals surface area contributed by atoms with Crippen LogP contribution in [-0.2, 0) is 21.4 Å². The van der Waals surface area contributed by atoms with E-state index in [0.717, 1.165) is 19.2 Å². The number of carbonyl (C=O) groups is 1. The predicted octanol–water partition coefficient (Wildman–Crippen LogP) is 4.36. The molecule has 0 bridgehead atoms. The molecular formula is C19H15F6N3O3. The molecule has 1 aromatic carbocycles. The number of aromatic nitrogens is 1. The lowest BCUT2D eigenvalue weighted by atomic mass is 9.85. The van der Waals surface area contributed by atoms with E-state index in [1.165, 1.54) is 19.1 Å². The zero-order valence-corrected chi connectivity index (χ0v) is 16.1. The van der Waals surface area contributed by atoms with Gasteiger partial charge in [-0.3, -0.25) is 0 Å². The van der Waals surface area contributed by atoms with Crippen molar-refractivity contribution in [3.63, 3.8) is 0 Å². The van der Waals surface area contributed by atoms with Crippen LogP contribution < -0.4 is 5.73 Å². The third kappa shape index (κ3) is 4.01. The van der Waals surface area contributed by atoms with Crippen LogP contribution in [0.4, 0.5) is 32.2 Å². The van der Waals surface area contributed by atoms with Crippen molar-refractivity contribution in [2.45, 2.75) is 31.3 Å². The van der Waals surface area contributed by atoms with Crippen LogP contribution in [-0.4, -0.2) is 30.0 Å². The Bertz CT molecular complexity index is 1060. The maximum Gasteiger partial charge on any atom is 0.435 e. The fourth-order valence-electron chi connectivity index (χ4n) is 3.14. The average molecular weight is 447 g/mol. The van der Waals surface area contributed by atoms with Gasteiger partial charge in [0.1, 0.15) is 17.1 Å². The summed E-state index contributed by atoms with van der Waals surface area (Å²) in [7, 11) is 1.11. The first-order valence-electron chi connectivity index (χ1n) is 8.65. The molecule has 6 nitrogen and oxygen atoms in total. The standard InChI is InChI=1S/C19H15F6N3O3/c1-9-5-10(7-11(6-9)18(20,21)22)17(19(23,24)25)8-14(28-31-17)13-4-3-12(15(26)27-13)16(29)30-2/h3-7H,8H2,1-2H3,(H2,26,27). The van der Waals surface area contributed by atoms with Gasteiger partial charge in [-0.2, -0.15) is 26.3 Å². The highest BCUT2D eigenvalue weighted by Gasteiger charge is 2.62. The number of methoxy groups -OCH3 is 1. The van der Waals surface area contributed by atoms with Crippen LogP contribution >= 0.6 is 0 Å². The van der Waals surface area contributed by atoms with E-state index in [-0.39, 0.29) is 28.4 Å². The second-order valence-corrected chi connectivity index (χ2v) is 6.84. The number of alkyl halides is 6. The van der Waals surface area contributed by atoms with Gasteiger partial charge < -0.3 is 15.3 Å². The first-order chi connectivity index (χ1) is 14.3. The molecule has 0 spiro atoms. The molecule has 0 radical (unpaired) electrons. The maximum absolute atomic E-state index is 14.1. The lowest BCUT2D eigenvalue weighted by molar-refractivity contribution is -0.276. The van der Waals surface area contributed by atoms with Crippen molar-refractivity contribution in [3.05, 3.63) is 58.3 Å². The number of nitrogens with zero attached hydrogens (tertiary/aromatic N) is 2. The fourth-order valence-corrected chi connectivity index (χ4v) is 3.14. The number of rotatable bonds is 3. The van der Waals surface area contributed by atoms with E-state index in [1.807, 2.05) is 0 Å². The molecule has 1 unspecified atom stereocenters. The van der Waals surface area contributed by atoms with Crippen LogP contribution in [0.3, 0.4) is 0 Å². The number of esters is 1. The number of ether oxygens (including phenoxy) is 1. The van der Waals surface area contributed by atoms with Gasteiger partial charge in [-0.25, -0.2) is 9.78 Å². The second-order valence-electron chi connectivity index (χ2n) is 6.84. The molecule has 0 aliphatic carbocycles. The number of aryl methyl sites for hydroxylation is 1. The first-order valence-corrected chi connectivity index (χ1v) is 8.65. The Balaban J connectivity index is 2.04. The number of nitrogen functional groups attached to an aromatic ring is 1. The summed E-state index contributed by atoms with van der Waals surface area (Å²) in [5, 5.41) is 3.44. The molecule has 1 aliphatic rings. The number of hydrogen-bond donors (Lipinski definition) is 1. The molecule has 31 heavy (non-hydrogen) atoms. The van der Waals surface area contributed by atoms with Gasteiger partial charge in [-0.05, 0) is 31.2 Å². The largest absolute Gasteiger partial charge is 0.465 e. The summed E-state index contributed by atoms with van der Waals surface area (Å²) in [4.78, 5) is 20.2. The van der Waals surface area contributed by atoms with E-state index in [1.54, 1.807) is 0 Å². The molecule has 12 heteroatoms. The molecule has 1 atom stereocenters. The van der Waals surface area contributed by atoms with Crippen molar-refractivity contribution in [1.29, 1.82) is 0 Å². The van der Waals surface area contributed by atoms with Crippen molar-refractivity contribution >= 4 is 17.5 Å². The number of benzene rings is 1. The average Bonchev–Trinajstić information content (AvgIpc) is 3.13. The van der Waals surface area contributed by atoms with Gasteiger partial charge in [0.05, 0.1) is 24.8 Å². The highest BCUT2D eigenvalue weighted by Crippen LogP contribution is 2.49. The Labute approximate surface area is 171 Å². The molecule has 2 N–H and O–H groups in total. The summed E-state index contributed by atoms with van der Waals surface area (Å²) >= 11 is 0. The molecule has 1 aliphatic heterocycles. The van der Waals surface area contributed by atoms with Crippen LogP contribution in [0.25, 0.3) is 0 Å². The van der Waals surface area contributed by atoms with Crippen LogP contribution in [0.15, 0.2) is 35.5 Å². The number of oxime groups is 1. The van der Waals surface area contributed by atoms with E-state index < -0.39 is 41.5 Å². The predicted molar refractivity (Wildman–Crippen MR) is 96.1 cm³/mol. The molecule has 0 saturated carbocycles. The minimum absolute atomic E-state index is 0.0321. The highest BCUT2D eigenvalue weighted by molar-refractivity contribution is 6.02. The van der Waals surface area contributed by atoms with Crippen molar-refractivity contribution in [3.8, 4) is 0 Å². The Hall–Kier alpha value is -3.31. The van der Waals surface area contributed by atoms with Gasteiger partial charge >= 0.3 is 18.3 Å². The zero-order valence-electron chi connectivity index (χ0n) is 16.1. The summed E-state index contributed by atoms with van der Waals surface area (Å²) in [5.74, 6) is -1.11. The van der Waals surface area contributed by atoms with Crippen LogP contribution in [0.1, 0.15) is 39.2 Å². The summed E-state index contributed by atoms with van der Waals surface area (Å²) in [6.07, 6.45) is -10.9. The first kappa shape index (κ1) is 22.4. The van der Waals surface area contributed by atoms with Gasteiger partial charge in [-0.15, -0.1) is 0 Å². The summed E-state index contributed by atoms with van der Waals surface area (Å²) in [5.41, 5.74) is -0.0350. The number of nitrogens with two attached hydrogens (primary N) is 1. The minimum Gasteiger partial charge on any atom is -0.465 e. The van der Waals surface area contributed by atoms with Crippen LogP contribution in [0, 0.1) is 6.92 Å². The number of hydrogen-bond acceptors (Lipinski definition) is 6. The minimum atomic E-state index is -5.10. The van der Waals surface area contributed by atoms with Crippen molar-refractivity contribution in [2.75, 3.05) is 12.8 Å². The van der Waals surface area contributed by atoms with E-state index in [2.05, 4.69) is 14.9 Å². The summed E-state index contributed by atoms with van der Waals surface area (Å²) in [6.45, 7) is 1.24. The molecule has 0 saturated heterocycles. The van der Waals surface area contributed by atoms with Crippen molar-refractivity contribution in [1.82, 2.24) is 4.98 Å². The Kier molecular flexibility index (Phi) is 5.36. The van der Waals surface area contributed by atoms with Gasteiger partial charge in [0.2, 0.25) is 0 Å². The maximum atomic E-state index is 14.1. The third-order valence-electron chi connectivity index (χ3n) is 4.68. The van der Waals surface area contributed by atoms with E-state index in [9.17, 15) is 31.1 Å². The molecule has 1 aromatic heterocycles. The molecule has 0 fully saturated rings. The SMILES string of the molecule is COC(=O)c1ccc(C2=NOC(c3cc(C)cc(C(F)(F)F)c3)(C(F)(F)F)C2)nc1N. The second kappa shape index (κ2) is 7.43. The van der Waals surface area contributed by atoms with Gasteiger partial charge in [0, 0.05) is 5.56 Å². The molecule has 2 heterocycles. The lowest BCUT2D eigenvalue weighted by Gasteiger charge is -2.30. The number of carbonyl (C=O) groups excluding carboxylic acids is 1. The number of anilines is 1. The Morgan fingerprint density at radius 2 is 1.84 bits per heavy atom. The molecule has 166 valence electrons. The van der Waals surface area contributed by atoms with Crippen molar-refractivity contribution in [2.24, 2.45) is 5.16 Å². The Morgan fingerprint density at radius 1 is 1.16 bits per heavy atom. The van der Waals surface area contributed by atoms with E-state index in [4.69, 9.17) is 10.6 Å². The summed E-state index contributed by atoms with van der Waals surface area (Å²) < 4.78 is 86.2. The highest BCUT2D eigenvalue weighted by atomic mass is 19.4. The van der Waals surface area contributed by atoms with Crippen LogP contribution in [0.2, 0.25) is 0 Å². The van der Waals surface area contributed by atoms with Gasteiger partial charge in [-0.1, -0.05) is 16.8 Å². The molecule has 2 aromatic rings. The van der Waals surface area contributed by atoms with Gasteiger partial charge in [0.15, 0.2) is 0 Å². The third-order valence-corrected chi connectivity index (χ3v) is 4.68. The number of halogens is 6. The zero-order chi connectivity index (χ0) is 23.2. The van der Waals surface area contributed by atoms with Gasteiger partial charge in [0.25, 0.3) is 5.60 Å². The quantitative estimate of drug-likeness (QED) is 0.558.